The summed E-state index contributed by atoms with van der Waals surface area (Å²) in [6.45, 7) is 3.40. The molecule has 2 aliphatic rings. The Bertz CT molecular complexity index is 1580. The lowest BCUT2D eigenvalue weighted by Crippen LogP contribution is -2.60. The van der Waals surface area contributed by atoms with Gasteiger partial charge in [-0.2, -0.15) is 18.3 Å². The lowest BCUT2D eigenvalue weighted by molar-refractivity contribution is -0.139. The summed E-state index contributed by atoms with van der Waals surface area (Å²) < 4.78 is 53.8. The van der Waals surface area contributed by atoms with Crippen molar-refractivity contribution in [1.82, 2.24) is 25.3 Å². The number of rotatable bonds is 5. The predicted octanol–water partition coefficient (Wildman–Crippen LogP) is 3.94. The molecule has 2 aliphatic heterocycles. The summed E-state index contributed by atoms with van der Waals surface area (Å²) in [4.78, 5) is 57.0. The molecule has 0 saturated carbocycles. The van der Waals surface area contributed by atoms with Gasteiger partial charge in [-0.15, -0.1) is 0 Å². The molecule has 5 amide bonds. The second-order valence-electron chi connectivity index (χ2n) is 10.9. The topological polar surface area (TPSA) is 119 Å². The number of halogens is 4. The van der Waals surface area contributed by atoms with Gasteiger partial charge in [0.1, 0.15) is 17.4 Å². The van der Waals surface area contributed by atoms with Crippen LogP contribution >= 0.6 is 0 Å². The molecule has 2 saturated heterocycles. The number of carbonyl (C=O) groups is 4. The second kappa shape index (κ2) is 10.4. The van der Waals surface area contributed by atoms with Crippen LogP contribution in [0.25, 0.3) is 10.9 Å². The van der Waals surface area contributed by atoms with E-state index >= 15 is 0 Å². The smallest absolute Gasteiger partial charge is 0.341 e. The first-order valence-corrected chi connectivity index (χ1v) is 13.3. The number of nitrogens with zero attached hydrogens (tertiary/aromatic N) is 4. The van der Waals surface area contributed by atoms with Crippen molar-refractivity contribution in [3.05, 3.63) is 59.5 Å². The predicted molar refractivity (Wildman–Crippen MR) is 143 cm³/mol. The van der Waals surface area contributed by atoms with Crippen LogP contribution < -0.4 is 10.2 Å². The summed E-state index contributed by atoms with van der Waals surface area (Å²) in [6.07, 6.45) is -2.97. The second-order valence-corrected chi connectivity index (χ2v) is 10.9. The fraction of sp³-hybridized carbons (Fsp3) is 0.393. The number of aromatic nitrogens is 2. The van der Waals surface area contributed by atoms with Crippen molar-refractivity contribution in [2.24, 2.45) is 5.92 Å². The maximum absolute atomic E-state index is 14.3. The molecule has 0 unspecified atom stereocenters. The summed E-state index contributed by atoms with van der Waals surface area (Å²) in [6, 6.07) is 5.03. The zero-order valence-corrected chi connectivity index (χ0v) is 23.0. The van der Waals surface area contributed by atoms with E-state index in [4.69, 9.17) is 0 Å². The number of carbonyl (C=O) groups excluding carboxylic acids is 4. The van der Waals surface area contributed by atoms with E-state index in [1.165, 1.54) is 16.8 Å². The molecule has 1 spiro atoms. The van der Waals surface area contributed by atoms with Crippen molar-refractivity contribution in [2.45, 2.75) is 44.4 Å². The minimum atomic E-state index is -4.79. The average Bonchev–Trinajstić information content (AvgIpc) is 3.48. The minimum absolute atomic E-state index is 0.0627. The SMILES string of the molecule is CC(C)[C@@H](NC(=O)c1cc(C(F)(F)F)ccc1F)C(=O)N1CCC2(CC1)C(=O)N(C)C(=O)N2c1ccc2[nH]ncc2c1. The van der Waals surface area contributed by atoms with E-state index in [-0.39, 0.29) is 25.9 Å². The average molecular weight is 589 g/mol. The van der Waals surface area contributed by atoms with Gasteiger partial charge in [0.2, 0.25) is 5.91 Å². The van der Waals surface area contributed by atoms with Crippen molar-refractivity contribution in [2.75, 3.05) is 25.0 Å². The zero-order valence-electron chi connectivity index (χ0n) is 23.0. The molecule has 2 aromatic carbocycles. The Morgan fingerprint density at radius 2 is 1.76 bits per heavy atom. The maximum atomic E-state index is 14.3. The zero-order chi connectivity index (χ0) is 30.6. The number of H-pyrrole nitrogens is 1. The molecule has 222 valence electrons. The number of amides is 5. The van der Waals surface area contributed by atoms with Gasteiger partial charge >= 0.3 is 12.2 Å². The standard InChI is InChI=1S/C28H28F4N6O4/c1-15(2)22(34-23(39)19-13-17(28(30,31)32)4-6-20(19)29)24(40)37-10-8-27(9-11-37)25(41)36(3)26(42)38(27)18-5-7-21-16(12-18)14-33-35-21/h4-7,12-15,22H,8-11H2,1-3H3,(H,33,35)(H,34,39)/t22-/m1/s1. The Balaban J connectivity index is 1.35. The van der Waals surface area contributed by atoms with E-state index in [0.29, 0.717) is 23.9 Å². The van der Waals surface area contributed by atoms with E-state index in [1.807, 2.05) is 0 Å². The first-order chi connectivity index (χ1) is 19.7. The Morgan fingerprint density at radius 1 is 1.07 bits per heavy atom. The minimum Gasteiger partial charge on any atom is -0.341 e. The van der Waals surface area contributed by atoms with E-state index in [1.54, 1.807) is 38.2 Å². The van der Waals surface area contributed by atoms with Gasteiger partial charge in [0.25, 0.3) is 11.8 Å². The van der Waals surface area contributed by atoms with Gasteiger partial charge in [-0.3, -0.25) is 29.3 Å². The number of likely N-dealkylation sites (tertiary alicyclic amines) is 1. The number of likely N-dealkylation sites (N-methyl/N-ethyl adjacent to an activating group) is 1. The Morgan fingerprint density at radius 3 is 2.40 bits per heavy atom. The quantitative estimate of drug-likeness (QED) is 0.346. The fourth-order valence-corrected chi connectivity index (χ4v) is 5.59. The van der Waals surface area contributed by atoms with Gasteiger partial charge in [0.15, 0.2) is 0 Å². The number of hydrogen-bond donors (Lipinski definition) is 2. The van der Waals surface area contributed by atoms with Crippen LogP contribution in [-0.4, -0.2) is 75.5 Å². The number of alkyl halides is 3. The monoisotopic (exact) mass is 588 g/mol. The number of fused-ring (bicyclic) bond motifs is 1. The normalized spacial score (nSPS) is 18.0. The molecule has 10 nitrogen and oxygen atoms in total. The van der Waals surface area contributed by atoms with Crippen molar-refractivity contribution < 1.29 is 36.7 Å². The summed E-state index contributed by atoms with van der Waals surface area (Å²) in [5.74, 6) is -3.74. The fourth-order valence-electron chi connectivity index (χ4n) is 5.59. The van der Waals surface area contributed by atoms with Crippen molar-refractivity contribution >= 4 is 40.3 Å². The molecular weight excluding hydrogens is 560 g/mol. The number of aromatic amines is 1. The maximum Gasteiger partial charge on any atom is 0.416 e. The molecule has 1 atom stereocenters. The highest BCUT2D eigenvalue weighted by atomic mass is 19.4. The molecule has 0 radical (unpaired) electrons. The third kappa shape index (κ3) is 4.84. The molecule has 5 rings (SSSR count). The van der Waals surface area contributed by atoms with Crippen molar-refractivity contribution in [1.29, 1.82) is 0 Å². The van der Waals surface area contributed by atoms with Gasteiger partial charge in [-0.25, -0.2) is 9.18 Å². The molecule has 3 heterocycles. The van der Waals surface area contributed by atoms with Gasteiger partial charge in [0, 0.05) is 31.2 Å². The van der Waals surface area contributed by atoms with Gasteiger partial charge in [-0.05, 0) is 55.2 Å². The van der Waals surface area contributed by atoms with Crippen LogP contribution in [0.4, 0.5) is 28.0 Å². The molecule has 3 aromatic rings. The number of benzene rings is 2. The number of piperidine rings is 1. The van der Waals surface area contributed by atoms with Crippen molar-refractivity contribution in [3.8, 4) is 0 Å². The molecule has 42 heavy (non-hydrogen) atoms. The van der Waals surface area contributed by atoms with Crippen LogP contribution in [-0.2, 0) is 15.8 Å². The molecule has 2 N–H and O–H groups in total. The van der Waals surface area contributed by atoms with E-state index in [2.05, 4.69) is 15.5 Å². The van der Waals surface area contributed by atoms with E-state index in [9.17, 15) is 36.7 Å². The Kier molecular flexibility index (Phi) is 7.19. The number of urea groups is 1. The number of nitrogens with one attached hydrogen (secondary N) is 2. The highest BCUT2D eigenvalue weighted by Gasteiger charge is 2.58. The molecule has 14 heteroatoms. The van der Waals surface area contributed by atoms with Gasteiger partial charge < -0.3 is 10.2 Å². The molecule has 0 aliphatic carbocycles. The van der Waals surface area contributed by atoms with Gasteiger partial charge in [-0.1, -0.05) is 13.8 Å². The third-order valence-corrected chi connectivity index (χ3v) is 7.95. The Labute approximate surface area is 237 Å². The first kappa shape index (κ1) is 29.0. The summed E-state index contributed by atoms with van der Waals surface area (Å²) in [7, 11) is 1.40. The van der Waals surface area contributed by atoms with E-state index < -0.39 is 64.4 Å². The molecule has 2 fully saturated rings. The lowest BCUT2D eigenvalue weighted by atomic mass is 9.85. The van der Waals surface area contributed by atoms with Crippen LogP contribution in [0.3, 0.4) is 0 Å². The van der Waals surface area contributed by atoms with Gasteiger partial charge in [0.05, 0.1) is 22.8 Å². The molecular formula is C28H28F4N6O4. The van der Waals surface area contributed by atoms with E-state index in [0.717, 1.165) is 15.8 Å². The van der Waals surface area contributed by atoms with Crippen LogP contribution in [0.5, 0.6) is 0 Å². The number of anilines is 1. The first-order valence-electron chi connectivity index (χ1n) is 13.3. The summed E-state index contributed by atoms with van der Waals surface area (Å²) in [5.41, 5.74) is -2.00. The van der Waals surface area contributed by atoms with Crippen LogP contribution in [0.1, 0.15) is 42.6 Å². The summed E-state index contributed by atoms with van der Waals surface area (Å²) in [5, 5.41) is 9.97. The largest absolute Gasteiger partial charge is 0.416 e. The van der Waals surface area contributed by atoms with Crippen LogP contribution in [0.15, 0.2) is 42.6 Å². The molecule has 0 bridgehead atoms. The highest BCUT2D eigenvalue weighted by Crippen LogP contribution is 2.41. The molecule has 1 aromatic heterocycles. The third-order valence-electron chi connectivity index (χ3n) is 7.95. The number of imide groups is 1. The van der Waals surface area contributed by atoms with Crippen LogP contribution in [0.2, 0.25) is 0 Å². The summed E-state index contributed by atoms with van der Waals surface area (Å²) >= 11 is 0. The van der Waals surface area contributed by atoms with Crippen molar-refractivity contribution in [3.63, 3.8) is 0 Å². The Hall–Kier alpha value is -4.49. The number of hydrogen-bond acceptors (Lipinski definition) is 5. The highest BCUT2D eigenvalue weighted by molar-refractivity contribution is 6.17. The van der Waals surface area contributed by atoms with Crippen LogP contribution in [0, 0.1) is 11.7 Å². The lowest BCUT2D eigenvalue weighted by Gasteiger charge is -2.43.